The van der Waals surface area contributed by atoms with Gasteiger partial charge in [0, 0.05) is 12.6 Å². The molecule has 0 aliphatic heterocycles. The second kappa shape index (κ2) is 6.36. The lowest BCUT2D eigenvalue weighted by molar-refractivity contribution is 0.0224. The summed E-state index contributed by atoms with van der Waals surface area (Å²) in [5.74, 6) is 0. The van der Waals surface area contributed by atoms with Gasteiger partial charge in [0.25, 0.3) is 0 Å². The fourth-order valence-corrected chi connectivity index (χ4v) is 1.15. The van der Waals surface area contributed by atoms with Crippen molar-refractivity contribution < 1.29 is 9.53 Å². The Bertz CT molecular complexity index is 253. The summed E-state index contributed by atoms with van der Waals surface area (Å²) >= 11 is 0. The van der Waals surface area contributed by atoms with Gasteiger partial charge < -0.3 is 9.64 Å². The minimum absolute atomic E-state index is 0.176. The summed E-state index contributed by atoms with van der Waals surface area (Å²) in [4.78, 5) is 13.4. The highest BCUT2D eigenvalue weighted by molar-refractivity contribution is 5.68. The Morgan fingerprint density at radius 1 is 1.38 bits per heavy atom. The van der Waals surface area contributed by atoms with Crippen LogP contribution >= 0.6 is 0 Å². The van der Waals surface area contributed by atoms with Gasteiger partial charge in [-0.3, -0.25) is 0 Å². The molecule has 1 radical (unpaired) electrons. The Kier molecular flexibility index (Phi) is 5.86. The van der Waals surface area contributed by atoms with Crippen LogP contribution in [0.2, 0.25) is 0 Å². The fraction of sp³-hybridized carbons (Fsp3) is 0.538. The molecule has 3 nitrogen and oxygen atoms in total. The maximum Gasteiger partial charge on any atom is 0.410 e. The van der Waals surface area contributed by atoms with Crippen LogP contribution in [-0.4, -0.2) is 29.2 Å². The number of hydrogen-bond donors (Lipinski definition) is 0. The predicted molar refractivity (Wildman–Crippen MR) is 67.1 cm³/mol. The first-order valence-electron chi connectivity index (χ1n) is 5.36. The predicted octanol–water partition coefficient (Wildman–Crippen LogP) is 3.19. The molecule has 0 aromatic carbocycles. The van der Waals surface area contributed by atoms with E-state index in [1.54, 1.807) is 17.1 Å². The minimum atomic E-state index is -0.496. The largest absolute Gasteiger partial charge is 0.444 e. The van der Waals surface area contributed by atoms with Crippen molar-refractivity contribution in [3.8, 4) is 0 Å². The molecule has 0 fully saturated rings. The highest BCUT2D eigenvalue weighted by Crippen LogP contribution is 2.13. The van der Waals surface area contributed by atoms with Crippen molar-refractivity contribution in [3.05, 3.63) is 32.2 Å². The number of rotatable bonds is 5. The van der Waals surface area contributed by atoms with Crippen LogP contribution in [0.3, 0.4) is 0 Å². The van der Waals surface area contributed by atoms with Crippen LogP contribution < -0.4 is 0 Å². The second-order valence-electron chi connectivity index (χ2n) is 4.60. The van der Waals surface area contributed by atoms with Crippen molar-refractivity contribution in [2.75, 3.05) is 6.54 Å². The Morgan fingerprint density at radius 2 is 1.94 bits per heavy atom. The van der Waals surface area contributed by atoms with Crippen LogP contribution in [0.25, 0.3) is 0 Å². The maximum absolute atomic E-state index is 11.8. The van der Waals surface area contributed by atoms with E-state index < -0.39 is 5.60 Å². The van der Waals surface area contributed by atoms with Gasteiger partial charge in [0.2, 0.25) is 0 Å². The highest BCUT2D eigenvalue weighted by Gasteiger charge is 2.24. The van der Waals surface area contributed by atoms with Crippen molar-refractivity contribution >= 4 is 6.09 Å². The quantitative estimate of drug-likeness (QED) is 0.671. The summed E-state index contributed by atoms with van der Waals surface area (Å²) in [5, 5.41) is 0. The molecule has 16 heavy (non-hydrogen) atoms. The molecule has 0 aromatic heterocycles. The maximum atomic E-state index is 11.8. The van der Waals surface area contributed by atoms with Gasteiger partial charge in [0.1, 0.15) is 5.60 Å². The van der Waals surface area contributed by atoms with Crippen molar-refractivity contribution in [2.45, 2.75) is 38.8 Å². The van der Waals surface area contributed by atoms with Gasteiger partial charge in [-0.25, -0.2) is 4.79 Å². The van der Waals surface area contributed by atoms with Crippen LogP contribution in [0, 0.1) is 6.92 Å². The minimum Gasteiger partial charge on any atom is -0.444 e. The third kappa shape index (κ3) is 5.59. The van der Waals surface area contributed by atoms with E-state index in [4.69, 9.17) is 4.74 Å². The van der Waals surface area contributed by atoms with E-state index in [-0.39, 0.29) is 12.1 Å². The summed E-state index contributed by atoms with van der Waals surface area (Å²) in [6, 6.07) is -0.176. The molecule has 0 N–H and O–H groups in total. The lowest BCUT2D eigenvalue weighted by Gasteiger charge is -2.30. The molecule has 1 amide bonds. The van der Waals surface area contributed by atoms with E-state index in [2.05, 4.69) is 20.1 Å². The zero-order valence-electron chi connectivity index (χ0n) is 10.5. The molecule has 0 aliphatic rings. The molecule has 0 rings (SSSR count). The van der Waals surface area contributed by atoms with E-state index in [0.29, 0.717) is 13.0 Å². The first-order chi connectivity index (χ1) is 7.31. The standard InChI is InChI=1S/C13H22NO2/c1-7-9-11(3)14(10-8-2)12(15)16-13(4,5)6/h7-8,11H,1-3,9-10H2,4-6H3. The number of carbonyl (C=O) groups is 1. The van der Waals surface area contributed by atoms with Crippen LogP contribution in [0.4, 0.5) is 4.79 Å². The molecule has 0 saturated heterocycles. The Morgan fingerprint density at radius 3 is 2.31 bits per heavy atom. The van der Waals surface area contributed by atoms with Crippen LogP contribution in [0.5, 0.6) is 0 Å². The number of ether oxygens (including phenoxy) is 1. The summed E-state index contributed by atoms with van der Waals surface area (Å²) < 4.78 is 5.28. The van der Waals surface area contributed by atoms with Crippen LogP contribution in [0.15, 0.2) is 25.3 Å². The monoisotopic (exact) mass is 224 g/mol. The first kappa shape index (κ1) is 14.8. The summed E-state index contributed by atoms with van der Waals surface area (Å²) in [6.45, 7) is 17.1. The highest BCUT2D eigenvalue weighted by atomic mass is 16.6. The van der Waals surface area contributed by atoms with Crippen molar-refractivity contribution in [3.63, 3.8) is 0 Å². The van der Waals surface area contributed by atoms with Gasteiger partial charge in [-0.05, 0) is 34.1 Å². The van der Waals surface area contributed by atoms with Gasteiger partial charge in [-0.2, -0.15) is 0 Å². The van der Waals surface area contributed by atoms with Crippen LogP contribution in [-0.2, 0) is 4.74 Å². The van der Waals surface area contributed by atoms with E-state index >= 15 is 0 Å². The Hall–Kier alpha value is -1.25. The van der Waals surface area contributed by atoms with Crippen molar-refractivity contribution in [1.29, 1.82) is 0 Å². The number of carbonyl (C=O) groups excluding carboxylic acids is 1. The lowest BCUT2D eigenvalue weighted by atomic mass is 10.2. The molecule has 0 spiro atoms. The van der Waals surface area contributed by atoms with Crippen LogP contribution in [0.1, 0.15) is 27.2 Å². The molecule has 0 saturated carbocycles. The van der Waals surface area contributed by atoms with Gasteiger partial charge in [-0.15, -0.1) is 13.2 Å². The molecule has 0 heterocycles. The van der Waals surface area contributed by atoms with E-state index in [0.717, 1.165) is 0 Å². The molecule has 0 bridgehead atoms. The second-order valence-corrected chi connectivity index (χ2v) is 4.60. The summed E-state index contributed by atoms with van der Waals surface area (Å²) in [7, 11) is 0. The molecular formula is C13H22NO2. The van der Waals surface area contributed by atoms with Gasteiger partial charge in [0.15, 0.2) is 0 Å². The molecule has 1 atom stereocenters. The zero-order valence-corrected chi connectivity index (χ0v) is 10.5. The average molecular weight is 224 g/mol. The molecule has 0 aliphatic carbocycles. The molecular weight excluding hydrogens is 202 g/mol. The molecule has 1 unspecified atom stereocenters. The van der Waals surface area contributed by atoms with E-state index in [1.165, 1.54) is 0 Å². The van der Waals surface area contributed by atoms with Crippen molar-refractivity contribution in [1.82, 2.24) is 4.90 Å². The molecule has 91 valence electrons. The number of nitrogens with zero attached hydrogens (tertiary/aromatic N) is 1. The van der Waals surface area contributed by atoms with Crippen molar-refractivity contribution in [2.24, 2.45) is 0 Å². The lowest BCUT2D eigenvalue weighted by Crippen LogP contribution is -2.42. The van der Waals surface area contributed by atoms with E-state index in [9.17, 15) is 4.79 Å². The Labute approximate surface area is 98.8 Å². The molecule has 3 heteroatoms. The zero-order chi connectivity index (χ0) is 12.8. The van der Waals surface area contributed by atoms with Gasteiger partial charge >= 0.3 is 6.09 Å². The average Bonchev–Trinajstić information content (AvgIpc) is 2.11. The van der Waals surface area contributed by atoms with Gasteiger partial charge in [0.05, 0.1) is 0 Å². The number of hydrogen-bond acceptors (Lipinski definition) is 2. The van der Waals surface area contributed by atoms with Gasteiger partial charge in [-0.1, -0.05) is 12.2 Å². The SMILES string of the molecule is [CH2]C(CC=C)N(CC=C)C(=O)OC(C)(C)C. The third-order valence-corrected chi connectivity index (χ3v) is 1.83. The smallest absolute Gasteiger partial charge is 0.410 e. The summed E-state index contributed by atoms with van der Waals surface area (Å²) in [5.41, 5.74) is -0.496. The summed E-state index contributed by atoms with van der Waals surface area (Å²) in [6.07, 6.45) is 3.66. The fourth-order valence-electron chi connectivity index (χ4n) is 1.15. The number of amides is 1. The third-order valence-electron chi connectivity index (χ3n) is 1.83. The first-order valence-corrected chi connectivity index (χ1v) is 5.36. The van der Waals surface area contributed by atoms with E-state index in [1.807, 2.05) is 20.8 Å². The normalized spacial score (nSPS) is 12.8. The molecule has 0 aromatic rings. The topological polar surface area (TPSA) is 29.5 Å². The Balaban J connectivity index is 4.57.